The predicted octanol–water partition coefficient (Wildman–Crippen LogP) is 13.7. The van der Waals surface area contributed by atoms with Gasteiger partial charge in [-0.25, -0.2) is 0 Å². The molecule has 2 heteroatoms. The Labute approximate surface area is 338 Å². The van der Waals surface area contributed by atoms with Crippen molar-refractivity contribution in [3.63, 3.8) is 0 Å². The van der Waals surface area contributed by atoms with Gasteiger partial charge in [-0.05, 0) is 124 Å². The number of benzene rings is 4. The molecule has 0 saturated carbocycles. The molecule has 4 aromatic carbocycles. The second-order valence-electron chi connectivity index (χ2n) is 17.3. The van der Waals surface area contributed by atoms with Gasteiger partial charge in [0.05, 0.1) is 12.1 Å². The molecule has 0 spiro atoms. The molecule has 4 unspecified atom stereocenters. The van der Waals surface area contributed by atoms with Crippen LogP contribution in [-0.2, 0) is 5.41 Å². The zero-order valence-corrected chi connectivity index (χ0v) is 33.1. The lowest BCUT2D eigenvalue weighted by atomic mass is 9.80. The van der Waals surface area contributed by atoms with Crippen LogP contribution < -0.4 is 4.90 Å². The molecule has 280 valence electrons. The summed E-state index contributed by atoms with van der Waals surface area (Å²) in [6, 6.07) is 28.5. The van der Waals surface area contributed by atoms with Gasteiger partial charge in [0.25, 0.3) is 0 Å². The average molecular weight is 739 g/mol. The minimum atomic E-state index is -0.124. The zero-order chi connectivity index (χ0) is 38.1. The van der Waals surface area contributed by atoms with Crippen LogP contribution in [0.25, 0.3) is 27.5 Å². The fourth-order valence-corrected chi connectivity index (χ4v) is 11.0. The van der Waals surface area contributed by atoms with Crippen molar-refractivity contribution < 1.29 is 0 Å². The molecular formula is C55H50N2. The van der Waals surface area contributed by atoms with E-state index in [-0.39, 0.29) is 11.5 Å². The molecular weight excluding hydrogens is 689 g/mol. The quantitative estimate of drug-likeness (QED) is 0.186. The fraction of sp³-hybridized carbons (Fsp3) is 0.236. The molecule has 7 aliphatic carbocycles. The molecule has 57 heavy (non-hydrogen) atoms. The van der Waals surface area contributed by atoms with Gasteiger partial charge in [-0.1, -0.05) is 153 Å². The highest BCUT2D eigenvalue weighted by molar-refractivity contribution is 6.07. The van der Waals surface area contributed by atoms with Crippen LogP contribution >= 0.6 is 0 Å². The highest BCUT2D eigenvalue weighted by atomic mass is 15.2. The average Bonchev–Trinajstić information content (AvgIpc) is 3.71. The Morgan fingerprint density at radius 3 is 2.11 bits per heavy atom. The Hall–Kier alpha value is -5.86. The van der Waals surface area contributed by atoms with E-state index in [4.69, 9.17) is 0 Å². The van der Waals surface area contributed by atoms with Crippen LogP contribution in [0.15, 0.2) is 187 Å². The van der Waals surface area contributed by atoms with Crippen LogP contribution in [0.3, 0.4) is 0 Å². The minimum Gasteiger partial charge on any atom is -0.342 e. The van der Waals surface area contributed by atoms with E-state index >= 15 is 0 Å². The Morgan fingerprint density at radius 2 is 1.37 bits per heavy atom. The Bertz CT molecular complexity index is 2630. The molecule has 0 aliphatic heterocycles. The summed E-state index contributed by atoms with van der Waals surface area (Å²) in [6.45, 7) is 4.92. The summed E-state index contributed by atoms with van der Waals surface area (Å²) < 4.78 is 0. The molecule has 4 aromatic rings. The standard InChI is InChI=1S/C55H50N2/c1-55(2)51-35-44(33-34-48(51)54-49-24-14-23-47-45-21-12-13-22-46(45)50(53(47)49)36-52(54)55)57(41-27-25-38(26-28-41)37-15-6-3-7-16-37)43-31-29-42(30-32-43)56(39-17-8-4-9-18-39)40-19-10-5-11-20-40/h3-10,12-17,19,21-27,29,31,33-36,39,41,45-46H,11,18,20,28,30,32H2,1-2H3. The van der Waals surface area contributed by atoms with Gasteiger partial charge in [-0.3, -0.25) is 0 Å². The van der Waals surface area contributed by atoms with Crippen molar-refractivity contribution in [1.82, 2.24) is 4.90 Å². The Kier molecular flexibility index (Phi) is 8.24. The van der Waals surface area contributed by atoms with E-state index in [0.29, 0.717) is 17.9 Å². The zero-order valence-electron chi connectivity index (χ0n) is 33.1. The van der Waals surface area contributed by atoms with E-state index in [1.165, 1.54) is 78.1 Å². The van der Waals surface area contributed by atoms with Gasteiger partial charge in [0.2, 0.25) is 0 Å². The summed E-state index contributed by atoms with van der Waals surface area (Å²) in [4.78, 5) is 5.32. The van der Waals surface area contributed by atoms with Gasteiger partial charge < -0.3 is 9.80 Å². The van der Waals surface area contributed by atoms with Crippen LogP contribution in [0.2, 0.25) is 0 Å². The first kappa shape index (κ1) is 34.4. The Balaban J connectivity index is 1.01. The van der Waals surface area contributed by atoms with Crippen molar-refractivity contribution in [3.8, 4) is 11.1 Å². The predicted molar refractivity (Wildman–Crippen MR) is 240 cm³/mol. The number of rotatable bonds is 7. The van der Waals surface area contributed by atoms with E-state index < -0.39 is 0 Å². The molecule has 0 N–H and O–H groups in total. The van der Waals surface area contributed by atoms with Gasteiger partial charge in [0.15, 0.2) is 0 Å². The number of hydrogen-bond donors (Lipinski definition) is 0. The first-order valence-electron chi connectivity index (χ1n) is 21.3. The molecule has 4 atom stereocenters. The minimum absolute atomic E-state index is 0.124. The fourth-order valence-electron chi connectivity index (χ4n) is 11.0. The third kappa shape index (κ3) is 5.59. The van der Waals surface area contributed by atoms with Gasteiger partial charge >= 0.3 is 0 Å². The first-order chi connectivity index (χ1) is 28.0. The van der Waals surface area contributed by atoms with Crippen molar-refractivity contribution in [2.75, 3.05) is 4.90 Å². The first-order valence-corrected chi connectivity index (χ1v) is 21.3. The van der Waals surface area contributed by atoms with E-state index in [0.717, 1.165) is 38.5 Å². The molecule has 0 bridgehead atoms. The second-order valence-corrected chi connectivity index (χ2v) is 17.3. The lowest BCUT2D eigenvalue weighted by molar-refractivity contribution is 0.335. The van der Waals surface area contributed by atoms with Crippen LogP contribution in [0.1, 0.15) is 92.0 Å². The largest absolute Gasteiger partial charge is 0.342 e. The maximum Gasteiger partial charge on any atom is 0.0557 e. The normalized spacial score (nSPS) is 24.4. The van der Waals surface area contributed by atoms with Crippen LogP contribution in [0, 0.1) is 0 Å². The lowest BCUT2D eigenvalue weighted by Crippen LogP contribution is -2.37. The van der Waals surface area contributed by atoms with Crippen LogP contribution in [0.4, 0.5) is 5.69 Å². The van der Waals surface area contributed by atoms with Crippen molar-refractivity contribution in [2.45, 2.75) is 81.7 Å². The van der Waals surface area contributed by atoms with Gasteiger partial charge in [0, 0.05) is 40.0 Å². The number of hydrogen-bond acceptors (Lipinski definition) is 2. The Morgan fingerprint density at radius 1 is 0.596 bits per heavy atom. The van der Waals surface area contributed by atoms with Crippen molar-refractivity contribution in [1.29, 1.82) is 0 Å². The van der Waals surface area contributed by atoms with E-state index in [1.807, 2.05) is 0 Å². The molecule has 7 aliphatic rings. The third-order valence-corrected chi connectivity index (χ3v) is 13.8. The maximum atomic E-state index is 2.67. The third-order valence-electron chi connectivity index (χ3n) is 13.8. The molecule has 0 radical (unpaired) electrons. The van der Waals surface area contributed by atoms with E-state index in [1.54, 1.807) is 0 Å². The van der Waals surface area contributed by atoms with Gasteiger partial charge in [-0.2, -0.15) is 0 Å². The molecule has 0 aromatic heterocycles. The smallest absolute Gasteiger partial charge is 0.0557 e. The van der Waals surface area contributed by atoms with E-state index in [9.17, 15) is 0 Å². The van der Waals surface area contributed by atoms with Crippen molar-refractivity contribution >= 4 is 22.0 Å². The molecule has 0 fully saturated rings. The van der Waals surface area contributed by atoms with Crippen LogP contribution in [0.5, 0.6) is 0 Å². The second kappa shape index (κ2) is 13.7. The van der Waals surface area contributed by atoms with Crippen LogP contribution in [-0.4, -0.2) is 17.0 Å². The number of anilines is 1. The molecule has 2 nitrogen and oxygen atoms in total. The van der Waals surface area contributed by atoms with Crippen molar-refractivity contribution in [3.05, 3.63) is 215 Å². The summed E-state index contributed by atoms with van der Waals surface area (Å²) >= 11 is 0. The van der Waals surface area contributed by atoms with E-state index in [2.05, 4.69) is 194 Å². The summed E-state index contributed by atoms with van der Waals surface area (Å²) in [5.74, 6) is 0.855. The molecule has 11 rings (SSSR count). The summed E-state index contributed by atoms with van der Waals surface area (Å²) in [6.07, 6.45) is 43.7. The summed E-state index contributed by atoms with van der Waals surface area (Å²) in [5, 5.41) is 2.90. The van der Waals surface area contributed by atoms with Gasteiger partial charge in [-0.15, -0.1) is 0 Å². The highest BCUT2D eigenvalue weighted by Gasteiger charge is 2.42. The monoisotopic (exact) mass is 738 g/mol. The highest BCUT2D eigenvalue weighted by Crippen LogP contribution is 2.58. The number of allylic oxidation sites excluding steroid dienone is 16. The van der Waals surface area contributed by atoms with Gasteiger partial charge in [0.1, 0.15) is 0 Å². The summed E-state index contributed by atoms with van der Waals surface area (Å²) in [5.41, 5.74) is 16.8. The number of fused-ring (bicyclic) bond motifs is 7. The molecule has 0 saturated heterocycles. The van der Waals surface area contributed by atoms with Crippen molar-refractivity contribution in [2.24, 2.45) is 0 Å². The lowest BCUT2D eigenvalue weighted by Gasteiger charge is -2.40. The summed E-state index contributed by atoms with van der Waals surface area (Å²) in [7, 11) is 0. The maximum absolute atomic E-state index is 2.67. The number of nitrogens with zero attached hydrogens (tertiary/aromatic N) is 2. The molecule has 0 heterocycles. The topological polar surface area (TPSA) is 6.48 Å². The SMILES string of the molecule is CC1(C)c2cc(N(C3=CC=C(N(C4=CC=CCC4)C4C=CC=CC4)CC3)C3C=CC(c4ccccc4)=CC3)ccc2-c2c1cc1c3c(cccc23)C2C=CC=CC12. The molecule has 0 amide bonds.